The summed E-state index contributed by atoms with van der Waals surface area (Å²) in [6.07, 6.45) is -2.27. The molecule has 1 aromatic rings. The maximum Gasteiger partial charge on any atom is 0.330 e. The smallest absolute Gasteiger partial charge is 0.330 e. The lowest BCUT2D eigenvalue weighted by Gasteiger charge is -2.20. The predicted molar refractivity (Wildman–Crippen MR) is 62.7 cm³/mol. The molecule has 19 heavy (non-hydrogen) atoms. The van der Waals surface area contributed by atoms with Crippen molar-refractivity contribution in [2.24, 2.45) is 12.9 Å². The molecule has 3 N–H and O–H groups in total. The van der Waals surface area contributed by atoms with Crippen molar-refractivity contribution in [3.05, 3.63) is 16.4 Å². The lowest BCUT2D eigenvalue weighted by Crippen LogP contribution is -2.37. The Bertz CT molecular complexity index is 395. The minimum atomic E-state index is -4.18. The van der Waals surface area contributed by atoms with Gasteiger partial charge in [-0.3, -0.25) is 10.5 Å². The van der Waals surface area contributed by atoms with E-state index in [2.05, 4.69) is 31.2 Å². The van der Waals surface area contributed by atoms with Crippen LogP contribution in [0.4, 0.5) is 17.6 Å². The van der Waals surface area contributed by atoms with E-state index in [1.807, 2.05) is 0 Å². The average molecular weight is 349 g/mol. The molecule has 1 heterocycles. The molecule has 0 spiro atoms. The number of nitrogens with one attached hydrogen (secondary N) is 1. The van der Waals surface area contributed by atoms with E-state index < -0.39 is 25.0 Å². The molecule has 1 atom stereocenters. The summed E-state index contributed by atoms with van der Waals surface area (Å²) in [6, 6.07) is -0.657. The van der Waals surface area contributed by atoms with E-state index in [1.54, 1.807) is 7.05 Å². The molecule has 1 rings (SSSR count). The number of nitrogens with zero attached hydrogens (tertiary/aromatic N) is 2. The van der Waals surface area contributed by atoms with Gasteiger partial charge in [-0.05, 0) is 15.9 Å². The van der Waals surface area contributed by atoms with Gasteiger partial charge in [-0.15, -0.1) is 0 Å². The third-order valence-corrected chi connectivity index (χ3v) is 2.98. The Morgan fingerprint density at radius 3 is 2.63 bits per heavy atom. The largest absolute Gasteiger partial charge is 0.373 e. The average Bonchev–Trinajstić information content (AvgIpc) is 2.65. The van der Waals surface area contributed by atoms with Crippen molar-refractivity contribution < 1.29 is 22.3 Å². The van der Waals surface area contributed by atoms with Gasteiger partial charge in [-0.2, -0.15) is 13.9 Å². The molecule has 1 aromatic heterocycles. The number of hydrogen-bond donors (Lipinski definition) is 2. The predicted octanol–water partition coefficient (Wildman–Crippen LogP) is 1.60. The van der Waals surface area contributed by atoms with Crippen LogP contribution in [0, 0.1) is 0 Å². The van der Waals surface area contributed by atoms with Gasteiger partial charge in [0.15, 0.2) is 0 Å². The van der Waals surface area contributed by atoms with Gasteiger partial charge < -0.3 is 4.74 Å². The van der Waals surface area contributed by atoms with Crippen LogP contribution < -0.4 is 11.3 Å². The Balaban J connectivity index is 2.60. The highest BCUT2D eigenvalue weighted by Crippen LogP contribution is 2.25. The summed E-state index contributed by atoms with van der Waals surface area (Å²) in [5.41, 5.74) is 2.91. The molecule has 0 saturated carbocycles. The van der Waals surface area contributed by atoms with E-state index in [9.17, 15) is 17.6 Å². The van der Waals surface area contributed by atoms with Gasteiger partial charge in [0.25, 0.3) is 0 Å². The summed E-state index contributed by atoms with van der Waals surface area (Å²) >= 11 is 3.21. The third kappa shape index (κ3) is 4.13. The van der Waals surface area contributed by atoms with Crippen molar-refractivity contribution >= 4 is 15.9 Å². The number of ether oxygens (including phenoxy) is 1. The maximum atomic E-state index is 12.6. The fourth-order valence-corrected chi connectivity index (χ4v) is 2.02. The van der Waals surface area contributed by atoms with Gasteiger partial charge in [0.05, 0.1) is 29.0 Å². The van der Waals surface area contributed by atoms with Crippen molar-refractivity contribution in [1.29, 1.82) is 0 Å². The molecule has 1 unspecified atom stereocenters. The fourth-order valence-electron chi connectivity index (χ4n) is 1.39. The minimum absolute atomic E-state index is 0.295. The molecule has 10 heteroatoms. The van der Waals surface area contributed by atoms with Crippen molar-refractivity contribution in [1.82, 2.24) is 15.2 Å². The Labute approximate surface area is 115 Å². The Morgan fingerprint density at radius 1 is 1.58 bits per heavy atom. The maximum absolute atomic E-state index is 12.6. The Morgan fingerprint density at radius 2 is 2.21 bits per heavy atom. The number of hydrazine groups is 1. The number of alkyl halides is 4. The fraction of sp³-hybridized carbons (Fsp3) is 0.667. The van der Waals surface area contributed by atoms with E-state index in [1.165, 1.54) is 10.9 Å². The molecule has 0 saturated heterocycles. The van der Waals surface area contributed by atoms with Crippen molar-refractivity contribution in [3.63, 3.8) is 0 Å². The molecular weight excluding hydrogens is 336 g/mol. The van der Waals surface area contributed by atoms with Gasteiger partial charge in [0.1, 0.15) is 6.61 Å². The molecular formula is C9H13BrF4N4O. The first-order valence-corrected chi connectivity index (χ1v) is 5.96. The third-order valence-electron chi connectivity index (χ3n) is 2.37. The molecule has 110 valence electrons. The Hall–Kier alpha value is -0.710. The zero-order valence-electron chi connectivity index (χ0n) is 9.92. The van der Waals surface area contributed by atoms with Gasteiger partial charge >= 0.3 is 12.3 Å². The first-order valence-electron chi connectivity index (χ1n) is 5.16. The second kappa shape index (κ2) is 6.64. The highest BCUT2D eigenvalue weighted by molar-refractivity contribution is 9.10. The summed E-state index contributed by atoms with van der Waals surface area (Å²) in [7, 11) is 1.62. The van der Waals surface area contributed by atoms with Gasteiger partial charge in [0, 0.05) is 7.05 Å². The van der Waals surface area contributed by atoms with Crippen LogP contribution in [0.1, 0.15) is 11.7 Å². The monoisotopic (exact) mass is 348 g/mol. The van der Waals surface area contributed by atoms with Crippen LogP contribution in [0.5, 0.6) is 0 Å². The number of nitrogens with two attached hydrogens (primary N) is 1. The molecule has 0 aliphatic rings. The highest BCUT2D eigenvalue weighted by Gasteiger charge is 2.41. The van der Waals surface area contributed by atoms with Crippen LogP contribution in [0.15, 0.2) is 10.7 Å². The van der Waals surface area contributed by atoms with Gasteiger partial charge in [-0.1, -0.05) is 0 Å². The summed E-state index contributed by atoms with van der Waals surface area (Å²) in [4.78, 5) is 0. The van der Waals surface area contributed by atoms with Gasteiger partial charge in [-0.25, -0.2) is 14.2 Å². The van der Waals surface area contributed by atoms with Gasteiger partial charge in [0.2, 0.25) is 0 Å². The molecule has 0 radical (unpaired) electrons. The number of hydrogen-bond acceptors (Lipinski definition) is 4. The van der Waals surface area contributed by atoms with Crippen LogP contribution in [0.2, 0.25) is 0 Å². The summed E-state index contributed by atoms with van der Waals surface area (Å²) in [6.45, 7) is -1.67. The standard InChI is InChI=1S/C9H13BrF4N4O/c1-18-7(5(10)2-16-18)6(17-15)3-19-4-9(13,14)8(11)12/h2,6,8,17H,3-4,15H2,1H3. The van der Waals surface area contributed by atoms with Crippen LogP contribution in [0.25, 0.3) is 0 Å². The van der Waals surface area contributed by atoms with Crippen LogP contribution >= 0.6 is 15.9 Å². The molecule has 0 bridgehead atoms. The summed E-state index contributed by atoms with van der Waals surface area (Å²) in [5, 5.41) is 3.92. The first kappa shape index (κ1) is 16.3. The zero-order valence-corrected chi connectivity index (χ0v) is 11.5. The molecule has 0 fully saturated rings. The van der Waals surface area contributed by atoms with Crippen molar-refractivity contribution in [2.45, 2.75) is 18.4 Å². The van der Waals surface area contributed by atoms with E-state index in [-0.39, 0.29) is 6.61 Å². The highest BCUT2D eigenvalue weighted by atomic mass is 79.9. The zero-order chi connectivity index (χ0) is 14.6. The van der Waals surface area contributed by atoms with Crippen LogP contribution in [-0.4, -0.2) is 35.3 Å². The normalized spacial score (nSPS) is 14.1. The number of aryl methyl sites for hydroxylation is 1. The SMILES string of the molecule is Cn1ncc(Br)c1C(COCC(F)(F)C(F)F)NN. The molecule has 0 aliphatic heterocycles. The lowest BCUT2D eigenvalue weighted by molar-refractivity contribution is -0.167. The van der Waals surface area contributed by atoms with E-state index in [4.69, 9.17) is 5.84 Å². The molecule has 0 aromatic carbocycles. The van der Waals surface area contributed by atoms with E-state index in [0.717, 1.165) is 0 Å². The number of aromatic nitrogens is 2. The second-order valence-corrected chi connectivity index (χ2v) is 4.65. The number of rotatable bonds is 7. The van der Waals surface area contributed by atoms with E-state index in [0.29, 0.717) is 10.2 Å². The topological polar surface area (TPSA) is 65.1 Å². The minimum Gasteiger partial charge on any atom is -0.373 e. The van der Waals surface area contributed by atoms with Crippen molar-refractivity contribution in [2.75, 3.05) is 13.2 Å². The lowest BCUT2D eigenvalue weighted by atomic mass is 10.2. The Kier molecular flexibility index (Phi) is 5.71. The van der Waals surface area contributed by atoms with Crippen LogP contribution in [0.3, 0.4) is 0 Å². The first-order chi connectivity index (χ1) is 8.79. The quantitative estimate of drug-likeness (QED) is 0.446. The molecule has 0 aliphatic carbocycles. The van der Waals surface area contributed by atoms with Crippen molar-refractivity contribution in [3.8, 4) is 0 Å². The molecule has 0 amide bonds. The summed E-state index contributed by atoms with van der Waals surface area (Å²) < 4.78 is 55.8. The number of halogens is 5. The second-order valence-electron chi connectivity index (χ2n) is 3.80. The van der Waals surface area contributed by atoms with Crippen LogP contribution in [-0.2, 0) is 11.8 Å². The molecule has 5 nitrogen and oxygen atoms in total. The summed E-state index contributed by atoms with van der Waals surface area (Å²) in [5.74, 6) is 1.11. The van der Waals surface area contributed by atoms with E-state index >= 15 is 0 Å².